The smallest absolute Gasteiger partial charge is 0.323 e. The minimum atomic E-state index is -0.581. The molecule has 2 N–H and O–H groups in total. The maximum absolute atomic E-state index is 12.6. The zero-order valence-electron chi connectivity index (χ0n) is 11.6. The fourth-order valence-electron chi connectivity index (χ4n) is 3.57. The molecule has 0 unspecified atom stereocenters. The molecule has 1 aliphatic carbocycles. The summed E-state index contributed by atoms with van der Waals surface area (Å²) in [5.74, 6) is 0.680. The average Bonchev–Trinajstić information content (AvgIpc) is 2.97. The van der Waals surface area contributed by atoms with E-state index in [0.717, 1.165) is 45.1 Å². The first-order valence-corrected chi connectivity index (χ1v) is 7.48. The third kappa shape index (κ3) is 2.24. The molecule has 0 radical (unpaired) electrons. The number of urea groups is 1. The third-order valence-electron chi connectivity index (χ3n) is 4.94. The number of imide groups is 1. The second kappa shape index (κ2) is 4.78. The Labute approximate surface area is 114 Å². The van der Waals surface area contributed by atoms with Crippen molar-refractivity contribution in [3.8, 4) is 0 Å². The molecule has 1 spiro atoms. The van der Waals surface area contributed by atoms with E-state index in [2.05, 4.69) is 17.6 Å². The molecule has 3 rings (SSSR count). The molecule has 3 aliphatic rings. The SMILES string of the molecule is CC1CCC2(CC1)NC(=O)N(C[C@H]1CCCN1)C2=O. The number of nitrogens with zero attached hydrogens (tertiary/aromatic N) is 1. The molecule has 2 aliphatic heterocycles. The van der Waals surface area contributed by atoms with Gasteiger partial charge in [0.2, 0.25) is 0 Å². The van der Waals surface area contributed by atoms with Crippen molar-refractivity contribution in [2.24, 2.45) is 5.92 Å². The van der Waals surface area contributed by atoms with Crippen molar-refractivity contribution in [1.29, 1.82) is 0 Å². The number of carbonyl (C=O) groups is 2. The Hall–Kier alpha value is -1.10. The monoisotopic (exact) mass is 265 g/mol. The van der Waals surface area contributed by atoms with Crippen LogP contribution in [0, 0.1) is 5.92 Å². The van der Waals surface area contributed by atoms with Crippen LogP contribution in [0.5, 0.6) is 0 Å². The van der Waals surface area contributed by atoms with E-state index in [1.165, 1.54) is 4.90 Å². The predicted molar refractivity (Wildman–Crippen MR) is 71.6 cm³/mol. The topological polar surface area (TPSA) is 61.4 Å². The predicted octanol–water partition coefficient (Wildman–Crippen LogP) is 1.24. The van der Waals surface area contributed by atoms with Crippen molar-refractivity contribution < 1.29 is 9.59 Å². The minimum absolute atomic E-state index is 0.0121. The molecule has 0 aromatic rings. The highest BCUT2D eigenvalue weighted by molar-refractivity contribution is 6.07. The Balaban J connectivity index is 1.69. The lowest BCUT2D eigenvalue weighted by Crippen LogP contribution is -2.50. The maximum Gasteiger partial charge on any atom is 0.325 e. The van der Waals surface area contributed by atoms with Gasteiger partial charge in [-0.15, -0.1) is 0 Å². The van der Waals surface area contributed by atoms with Gasteiger partial charge in [-0.25, -0.2) is 4.79 Å². The summed E-state index contributed by atoms with van der Waals surface area (Å²) in [4.78, 5) is 26.1. The molecule has 0 bridgehead atoms. The molecular formula is C14H23N3O2. The van der Waals surface area contributed by atoms with Gasteiger partial charge in [0.15, 0.2) is 0 Å². The van der Waals surface area contributed by atoms with Gasteiger partial charge in [0.1, 0.15) is 5.54 Å². The number of rotatable bonds is 2. The highest BCUT2D eigenvalue weighted by Gasteiger charge is 2.52. The van der Waals surface area contributed by atoms with Crippen LogP contribution in [0.1, 0.15) is 45.4 Å². The Bertz CT molecular complexity index is 382. The zero-order chi connectivity index (χ0) is 13.5. The van der Waals surface area contributed by atoms with Gasteiger partial charge in [-0.1, -0.05) is 6.92 Å². The van der Waals surface area contributed by atoms with Gasteiger partial charge in [-0.05, 0) is 51.0 Å². The average molecular weight is 265 g/mol. The summed E-state index contributed by atoms with van der Waals surface area (Å²) in [6.07, 6.45) is 5.85. The van der Waals surface area contributed by atoms with Gasteiger partial charge in [0, 0.05) is 12.6 Å². The number of amides is 3. The van der Waals surface area contributed by atoms with E-state index in [1.54, 1.807) is 0 Å². The van der Waals surface area contributed by atoms with Crippen molar-refractivity contribution in [3.63, 3.8) is 0 Å². The molecular weight excluding hydrogens is 242 g/mol. The molecule has 2 saturated heterocycles. The van der Waals surface area contributed by atoms with Crippen LogP contribution in [0.4, 0.5) is 4.79 Å². The van der Waals surface area contributed by atoms with E-state index >= 15 is 0 Å². The molecule has 1 saturated carbocycles. The Morgan fingerprint density at radius 2 is 2.00 bits per heavy atom. The quantitative estimate of drug-likeness (QED) is 0.738. The summed E-state index contributed by atoms with van der Waals surface area (Å²) in [6, 6.07) is 0.0978. The first-order valence-electron chi connectivity index (χ1n) is 7.48. The molecule has 106 valence electrons. The summed E-state index contributed by atoms with van der Waals surface area (Å²) in [5, 5.41) is 6.32. The van der Waals surface area contributed by atoms with Gasteiger partial charge < -0.3 is 10.6 Å². The Kier molecular flexibility index (Phi) is 3.25. The normalized spacial score (nSPS) is 39.1. The maximum atomic E-state index is 12.6. The first kappa shape index (κ1) is 12.9. The van der Waals surface area contributed by atoms with Gasteiger partial charge in [0.25, 0.3) is 5.91 Å². The fraction of sp³-hybridized carbons (Fsp3) is 0.857. The number of hydrogen-bond acceptors (Lipinski definition) is 3. The second-order valence-electron chi connectivity index (χ2n) is 6.40. The highest BCUT2D eigenvalue weighted by Crippen LogP contribution is 2.36. The molecule has 3 amide bonds. The highest BCUT2D eigenvalue weighted by atomic mass is 16.2. The van der Waals surface area contributed by atoms with Crippen LogP contribution in [0.2, 0.25) is 0 Å². The number of hydrogen-bond donors (Lipinski definition) is 2. The van der Waals surface area contributed by atoms with Crippen LogP contribution in [-0.2, 0) is 4.79 Å². The second-order valence-corrected chi connectivity index (χ2v) is 6.40. The van der Waals surface area contributed by atoms with Gasteiger partial charge in [-0.3, -0.25) is 9.69 Å². The number of carbonyl (C=O) groups excluding carboxylic acids is 2. The van der Waals surface area contributed by atoms with Crippen LogP contribution in [0.15, 0.2) is 0 Å². The van der Waals surface area contributed by atoms with Crippen LogP contribution < -0.4 is 10.6 Å². The summed E-state index contributed by atoms with van der Waals surface area (Å²) < 4.78 is 0. The van der Waals surface area contributed by atoms with Gasteiger partial charge >= 0.3 is 6.03 Å². The molecule has 1 atom stereocenters. The standard InChI is InChI=1S/C14H23N3O2/c1-10-4-6-14(7-5-10)12(18)17(13(19)16-14)9-11-3-2-8-15-11/h10-11,15H,2-9H2,1H3,(H,16,19)/t10?,11-,14?/m1/s1. The lowest BCUT2D eigenvalue weighted by molar-refractivity contribution is -0.132. The van der Waals surface area contributed by atoms with E-state index in [9.17, 15) is 9.59 Å². The van der Waals surface area contributed by atoms with Gasteiger partial charge in [-0.2, -0.15) is 0 Å². The molecule has 2 heterocycles. The molecule has 19 heavy (non-hydrogen) atoms. The Morgan fingerprint density at radius 1 is 1.26 bits per heavy atom. The number of nitrogens with one attached hydrogen (secondary N) is 2. The minimum Gasteiger partial charge on any atom is -0.323 e. The van der Waals surface area contributed by atoms with Crippen molar-refractivity contribution in [2.45, 2.75) is 57.0 Å². The van der Waals surface area contributed by atoms with Crippen LogP contribution in [-0.4, -0.2) is 41.5 Å². The van der Waals surface area contributed by atoms with E-state index < -0.39 is 5.54 Å². The van der Waals surface area contributed by atoms with Crippen molar-refractivity contribution in [1.82, 2.24) is 15.5 Å². The van der Waals surface area contributed by atoms with Crippen LogP contribution in [0.25, 0.3) is 0 Å². The first-order chi connectivity index (χ1) is 9.11. The van der Waals surface area contributed by atoms with E-state index in [0.29, 0.717) is 12.5 Å². The van der Waals surface area contributed by atoms with E-state index in [-0.39, 0.29) is 18.0 Å². The molecule has 3 fully saturated rings. The summed E-state index contributed by atoms with van der Waals surface area (Å²) in [5.41, 5.74) is -0.581. The zero-order valence-corrected chi connectivity index (χ0v) is 11.6. The van der Waals surface area contributed by atoms with Crippen molar-refractivity contribution >= 4 is 11.9 Å². The van der Waals surface area contributed by atoms with E-state index in [4.69, 9.17) is 0 Å². The summed E-state index contributed by atoms with van der Waals surface area (Å²) in [7, 11) is 0. The van der Waals surface area contributed by atoms with Crippen LogP contribution in [0.3, 0.4) is 0 Å². The summed E-state index contributed by atoms with van der Waals surface area (Å²) in [6.45, 7) is 3.74. The molecule has 5 nitrogen and oxygen atoms in total. The molecule has 5 heteroatoms. The van der Waals surface area contributed by atoms with E-state index in [1.807, 2.05) is 0 Å². The largest absolute Gasteiger partial charge is 0.325 e. The van der Waals surface area contributed by atoms with Gasteiger partial charge in [0.05, 0.1) is 0 Å². The molecule has 0 aromatic heterocycles. The van der Waals surface area contributed by atoms with Crippen LogP contribution >= 0.6 is 0 Å². The third-order valence-corrected chi connectivity index (χ3v) is 4.94. The lowest BCUT2D eigenvalue weighted by atomic mass is 9.77. The van der Waals surface area contributed by atoms with Crippen molar-refractivity contribution in [2.75, 3.05) is 13.1 Å². The Morgan fingerprint density at radius 3 is 2.63 bits per heavy atom. The lowest BCUT2D eigenvalue weighted by Gasteiger charge is -2.33. The van der Waals surface area contributed by atoms with Crippen molar-refractivity contribution in [3.05, 3.63) is 0 Å². The molecule has 0 aromatic carbocycles. The summed E-state index contributed by atoms with van der Waals surface area (Å²) >= 11 is 0. The fourth-order valence-corrected chi connectivity index (χ4v) is 3.57.